The summed E-state index contributed by atoms with van der Waals surface area (Å²) in [6.07, 6.45) is -3.44. The monoisotopic (exact) mass is 267 g/mol. The molecule has 104 valence electrons. The third-order valence-corrected chi connectivity index (χ3v) is 3.05. The maximum atomic E-state index is 12.0. The molecule has 0 spiro atoms. The van der Waals surface area contributed by atoms with Crippen LogP contribution in [0.25, 0.3) is 0 Å². The van der Waals surface area contributed by atoms with E-state index >= 15 is 0 Å². The summed E-state index contributed by atoms with van der Waals surface area (Å²) in [5.74, 6) is -1.49. The highest BCUT2D eigenvalue weighted by atomic mass is 19.4. The molecule has 0 atom stereocenters. The van der Waals surface area contributed by atoms with Crippen molar-refractivity contribution in [1.82, 2.24) is 5.32 Å². The van der Waals surface area contributed by atoms with Crippen molar-refractivity contribution in [2.24, 2.45) is 0 Å². The molecule has 0 aromatic carbocycles. The molecule has 4 nitrogen and oxygen atoms in total. The molecular weight excluding hydrogens is 251 g/mol. The van der Waals surface area contributed by atoms with Crippen molar-refractivity contribution < 1.29 is 27.5 Å². The van der Waals surface area contributed by atoms with Crippen molar-refractivity contribution in [3.05, 3.63) is 0 Å². The number of rotatable bonds is 5. The average Bonchev–Trinajstić information content (AvgIpc) is 2.73. The highest BCUT2D eigenvalue weighted by Crippen LogP contribution is 2.30. The Morgan fingerprint density at radius 3 is 2.28 bits per heavy atom. The van der Waals surface area contributed by atoms with Crippen LogP contribution >= 0.6 is 0 Å². The minimum Gasteiger partial charge on any atom is -0.468 e. The first kappa shape index (κ1) is 14.9. The van der Waals surface area contributed by atoms with Crippen LogP contribution in [0, 0.1) is 0 Å². The Balaban J connectivity index is 2.54. The lowest BCUT2D eigenvalue weighted by Crippen LogP contribution is -2.52. The molecule has 1 rings (SSSR count). The highest BCUT2D eigenvalue weighted by Gasteiger charge is 2.42. The standard InChI is InChI=1S/C11H16F3NO3/c1-18-9(17)10(4-2-3-5-10)15-7-8(16)6-11(12,13)14/h15H,2-7H2,1H3. The quantitative estimate of drug-likeness (QED) is 0.768. The fraction of sp³-hybridized carbons (Fsp3) is 0.818. The van der Waals surface area contributed by atoms with Gasteiger partial charge in [-0.1, -0.05) is 12.8 Å². The average molecular weight is 267 g/mol. The maximum Gasteiger partial charge on any atom is 0.395 e. The molecule has 0 heterocycles. The predicted molar refractivity (Wildman–Crippen MR) is 56.9 cm³/mol. The molecule has 0 unspecified atom stereocenters. The molecule has 0 saturated heterocycles. The maximum absolute atomic E-state index is 12.0. The second-order valence-corrected chi connectivity index (χ2v) is 4.46. The number of carbonyl (C=O) groups is 2. The van der Waals surface area contributed by atoms with E-state index in [9.17, 15) is 22.8 Å². The summed E-state index contributed by atoms with van der Waals surface area (Å²) in [6, 6.07) is 0. The number of methoxy groups -OCH3 is 1. The van der Waals surface area contributed by atoms with Crippen LogP contribution in [0.1, 0.15) is 32.1 Å². The van der Waals surface area contributed by atoms with Crippen molar-refractivity contribution in [3.8, 4) is 0 Å². The SMILES string of the molecule is COC(=O)C1(NCC(=O)CC(F)(F)F)CCCC1. The van der Waals surface area contributed by atoms with Crippen LogP contribution in [0.3, 0.4) is 0 Å². The number of nitrogens with one attached hydrogen (secondary N) is 1. The van der Waals surface area contributed by atoms with Gasteiger partial charge in [0.25, 0.3) is 0 Å². The van der Waals surface area contributed by atoms with Gasteiger partial charge in [-0.3, -0.25) is 14.9 Å². The number of Topliss-reactive ketones (excluding diaryl/α,β-unsaturated/α-hetero) is 1. The molecule has 0 bridgehead atoms. The molecule has 0 aromatic rings. The number of ether oxygens (including phenoxy) is 1. The molecular formula is C11H16F3NO3. The van der Waals surface area contributed by atoms with Crippen LogP contribution in [-0.2, 0) is 14.3 Å². The van der Waals surface area contributed by atoms with Gasteiger partial charge in [-0.2, -0.15) is 13.2 Å². The van der Waals surface area contributed by atoms with Gasteiger partial charge < -0.3 is 4.74 Å². The van der Waals surface area contributed by atoms with E-state index in [-0.39, 0.29) is 0 Å². The lowest BCUT2D eigenvalue weighted by Gasteiger charge is -2.27. The molecule has 1 N–H and O–H groups in total. The normalized spacial score (nSPS) is 18.7. The van der Waals surface area contributed by atoms with Crippen molar-refractivity contribution >= 4 is 11.8 Å². The van der Waals surface area contributed by atoms with Crippen LogP contribution in [0.2, 0.25) is 0 Å². The summed E-state index contributed by atoms with van der Waals surface area (Å²) >= 11 is 0. The van der Waals surface area contributed by atoms with E-state index in [4.69, 9.17) is 0 Å². The summed E-state index contributed by atoms with van der Waals surface area (Å²) in [5.41, 5.74) is -0.990. The Morgan fingerprint density at radius 1 is 1.28 bits per heavy atom. The van der Waals surface area contributed by atoms with Crippen LogP contribution in [0.5, 0.6) is 0 Å². The summed E-state index contributed by atoms with van der Waals surface area (Å²) in [4.78, 5) is 22.7. The van der Waals surface area contributed by atoms with Crippen LogP contribution < -0.4 is 5.32 Å². The van der Waals surface area contributed by atoms with Gasteiger partial charge in [0.15, 0.2) is 5.78 Å². The number of hydrogen-bond donors (Lipinski definition) is 1. The van der Waals surface area contributed by atoms with Gasteiger partial charge in [0.1, 0.15) is 12.0 Å². The van der Waals surface area contributed by atoms with Crippen molar-refractivity contribution in [1.29, 1.82) is 0 Å². The van der Waals surface area contributed by atoms with Crippen molar-refractivity contribution in [2.45, 2.75) is 43.8 Å². The van der Waals surface area contributed by atoms with E-state index in [0.717, 1.165) is 12.8 Å². The van der Waals surface area contributed by atoms with E-state index in [1.54, 1.807) is 0 Å². The minimum atomic E-state index is -4.51. The highest BCUT2D eigenvalue weighted by molar-refractivity contribution is 5.84. The van der Waals surface area contributed by atoms with Gasteiger partial charge in [0.2, 0.25) is 0 Å². The molecule has 1 saturated carbocycles. The third-order valence-electron chi connectivity index (χ3n) is 3.05. The Bertz CT molecular complexity index is 322. The first-order chi connectivity index (χ1) is 8.29. The molecule has 18 heavy (non-hydrogen) atoms. The predicted octanol–water partition coefficient (Wildman–Crippen LogP) is 1.58. The van der Waals surface area contributed by atoms with Gasteiger partial charge in [0, 0.05) is 0 Å². The number of esters is 1. The molecule has 1 aliphatic carbocycles. The second-order valence-electron chi connectivity index (χ2n) is 4.46. The van der Waals surface area contributed by atoms with Crippen molar-refractivity contribution in [3.63, 3.8) is 0 Å². The lowest BCUT2D eigenvalue weighted by atomic mass is 9.97. The Morgan fingerprint density at radius 2 is 1.83 bits per heavy atom. The topological polar surface area (TPSA) is 55.4 Å². The first-order valence-corrected chi connectivity index (χ1v) is 5.71. The fourth-order valence-electron chi connectivity index (χ4n) is 2.18. The summed E-state index contributed by atoms with van der Waals surface area (Å²) in [6.45, 7) is -0.464. The number of alkyl halides is 3. The summed E-state index contributed by atoms with van der Waals surface area (Å²) in [5, 5.41) is 2.64. The molecule has 0 aliphatic heterocycles. The van der Waals surface area contributed by atoms with E-state index in [1.165, 1.54) is 7.11 Å². The lowest BCUT2D eigenvalue weighted by molar-refractivity contribution is -0.152. The van der Waals surface area contributed by atoms with Gasteiger partial charge in [-0.05, 0) is 12.8 Å². The van der Waals surface area contributed by atoms with Crippen LogP contribution in [0.15, 0.2) is 0 Å². The van der Waals surface area contributed by atoms with E-state index < -0.39 is 36.4 Å². The third kappa shape index (κ3) is 3.97. The molecule has 7 heteroatoms. The molecule has 0 radical (unpaired) electrons. The minimum absolute atomic E-state index is 0.464. The van der Waals surface area contributed by atoms with Crippen LogP contribution in [0.4, 0.5) is 13.2 Å². The van der Waals surface area contributed by atoms with Gasteiger partial charge in [0.05, 0.1) is 13.7 Å². The fourth-order valence-corrected chi connectivity index (χ4v) is 2.18. The summed E-state index contributed by atoms with van der Waals surface area (Å²) < 4.78 is 40.6. The zero-order valence-corrected chi connectivity index (χ0v) is 10.1. The van der Waals surface area contributed by atoms with Crippen molar-refractivity contribution in [2.75, 3.05) is 13.7 Å². The number of halogens is 3. The molecule has 0 amide bonds. The molecule has 1 aliphatic rings. The Labute approximate surface area is 103 Å². The van der Waals surface area contributed by atoms with Crippen LogP contribution in [-0.4, -0.2) is 37.1 Å². The van der Waals surface area contributed by atoms with E-state index in [2.05, 4.69) is 10.1 Å². The van der Waals surface area contributed by atoms with Gasteiger partial charge >= 0.3 is 12.1 Å². The van der Waals surface area contributed by atoms with Gasteiger partial charge in [-0.15, -0.1) is 0 Å². The largest absolute Gasteiger partial charge is 0.468 e. The number of ketones is 1. The zero-order chi connectivity index (χ0) is 13.8. The summed E-state index contributed by atoms with van der Waals surface area (Å²) in [7, 11) is 1.22. The molecule has 0 aromatic heterocycles. The zero-order valence-electron chi connectivity index (χ0n) is 10.1. The Hall–Kier alpha value is -1.11. The molecule has 1 fully saturated rings. The first-order valence-electron chi connectivity index (χ1n) is 5.71. The smallest absolute Gasteiger partial charge is 0.395 e. The number of carbonyl (C=O) groups excluding carboxylic acids is 2. The number of hydrogen-bond acceptors (Lipinski definition) is 4. The Kier molecular flexibility index (Phi) is 4.72. The van der Waals surface area contributed by atoms with E-state index in [1.807, 2.05) is 0 Å². The van der Waals surface area contributed by atoms with Gasteiger partial charge in [-0.25, -0.2) is 0 Å². The second kappa shape index (κ2) is 5.69. The van der Waals surface area contributed by atoms with E-state index in [0.29, 0.717) is 12.8 Å².